The molecule has 4 nitrogen and oxygen atoms in total. The molecule has 0 aromatic heterocycles. The number of carbonyl (C=O) groups is 1. The molecule has 1 amide bonds. The molecule has 0 aliphatic rings. The average Bonchev–Trinajstić information content (AvgIpc) is 2.57. The Hall–Kier alpha value is -3.06. The fourth-order valence-electron chi connectivity index (χ4n) is 2.12. The van der Waals surface area contributed by atoms with Gasteiger partial charge in [0.15, 0.2) is 0 Å². The predicted octanol–water partition coefficient (Wildman–Crippen LogP) is 2.81. The number of rotatable bonds is 6. The first-order chi connectivity index (χ1) is 11.2. The van der Waals surface area contributed by atoms with Crippen molar-refractivity contribution in [3.63, 3.8) is 0 Å². The van der Waals surface area contributed by atoms with Gasteiger partial charge in [-0.05, 0) is 18.1 Å². The van der Waals surface area contributed by atoms with E-state index in [-0.39, 0.29) is 11.5 Å². The molecule has 0 radical (unpaired) electrons. The normalized spacial score (nSPS) is 10.7. The van der Waals surface area contributed by atoms with Gasteiger partial charge in [0.25, 0.3) is 5.91 Å². The lowest BCUT2D eigenvalue weighted by atomic mass is 10.1. The molecule has 23 heavy (non-hydrogen) atoms. The van der Waals surface area contributed by atoms with Crippen LogP contribution < -0.4 is 10.6 Å². The fourth-order valence-corrected chi connectivity index (χ4v) is 2.12. The lowest BCUT2D eigenvalue weighted by Gasteiger charge is -2.06. The quantitative estimate of drug-likeness (QED) is 0.637. The summed E-state index contributed by atoms with van der Waals surface area (Å²) in [7, 11) is 0. The number of amides is 1. The minimum Gasteiger partial charge on any atom is -0.386 e. The summed E-state index contributed by atoms with van der Waals surface area (Å²) in [5, 5.41) is 14.9. The highest BCUT2D eigenvalue weighted by Crippen LogP contribution is 2.04. The molecule has 0 bridgehead atoms. The third kappa shape index (κ3) is 5.33. The largest absolute Gasteiger partial charge is 0.386 e. The van der Waals surface area contributed by atoms with Crippen molar-refractivity contribution in [1.29, 1.82) is 5.26 Å². The van der Waals surface area contributed by atoms with Gasteiger partial charge in [-0.25, -0.2) is 0 Å². The van der Waals surface area contributed by atoms with Crippen LogP contribution in [0.4, 0.5) is 0 Å². The molecule has 0 saturated carbocycles. The highest BCUT2D eigenvalue weighted by atomic mass is 16.1. The van der Waals surface area contributed by atoms with E-state index < -0.39 is 0 Å². The summed E-state index contributed by atoms with van der Waals surface area (Å²) in [6, 6.07) is 19.6. The van der Waals surface area contributed by atoms with E-state index in [4.69, 9.17) is 5.26 Å². The Labute approximate surface area is 136 Å². The van der Waals surface area contributed by atoms with E-state index in [2.05, 4.69) is 16.7 Å². The molecular weight excluding hydrogens is 286 g/mol. The molecular formula is C19H19N3O. The van der Waals surface area contributed by atoms with Crippen molar-refractivity contribution in [1.82, 2.24) is 10.6 Å². The number of nitriles is 1. The van der Waals surface area contributed by atoms with Crippen LogP contribution in [0.1, 0.15) is 16.7 Å². The second kappa shape index (κ2) is 8.40. The van der Waals surface area contributed by atoms with Crippen molar-refractivity contribution < 1.29 is 4.79 Å². The van der Waals surface area contributed by atoms with Crippen LogP contribution in [0.3, 0.4) is 0 Å². The summed E-state index contributed by atoms with van der Waals surface area (Å²) in [6.07, 6.45) is 1.46. The maximum absolute atomic E-state index is 12.0. The van der Waals surface area contributed by atoms with Crippen LogP contribution >= 0.6 is 0 Å². The van der Waals surface area contributed by atoms with E-state index >= 15 is 0 Å². The highest BCUT2D eigenvalue weighted by Gasteiger charge is 2.08. The van der Waals surface area contributed by atoms with Gasteiger partial charge in [0.2, 0.25) is 0 Å². The number of hydrogen-bond acceptors (Lipinski definition) is 3. The molecule has 116 valence electrons. The lowest BCUT2D eigenvalue weighted by molar-refractivity contribution is -0.117. The molecule has 0 fully saturated rings. The summed E-state index contributed by atoms with van der Waals surface area (Å²) in [6.45, 7) is 2.99. The van der Waals surface area contributed by atoms with Crippen molar-refractivity contribution in [2.24, 2.45) is 0 Å². The number of nitrogens with one attached hydrogen (secondary N) is 2. The van der Waals surface area contributed by atoms with Crippen LogP contribution in [0.5, 0.6) is 0 Å². The van der Waals surface area contributed by atoms with Crippen molar-refractivity contribution in [2.75, 3.05) is 0 Å². The molecule has 0 heterocycles. The molecule has 2 rings (SSSR count). The zero-order valence-corrected chi connectivity index (χ0v) is 13.0. The molecule has 0 unspecified atom stereocenters. The Balaban J connectivity index is 1.88. The highest BCUT2D eigenvalue weighted by molar-refractivity contribution is 5.97. The molecule has 0 saturated heterocycles. The molecule has 0 spiro atoms. The van der Waals surface area contributed by atoms with Gasteiger partial charge in [-0.3, -0.25) is 4.79 Å². The van der Waals surface area contributed by atoms with Gasteiger partial charge in [-0.1, -0.05) is 60.2 Å². The number of aryl methyl sites for hydroxylation is 1. The topological polar surface area (TPSA) is 64.9 Å². The van der Waals surface area contributed by atoms with Crippen LogP contribution in [-0.4, -0.2) is 5.91 Å². The average molecular weight is 305 g/mol. The van der Waals surface area contributed by atoms with Crippen molar-refractivity contribution in [3.05, 3.63) is 83.1 Å². The summed E-state index contributed by atoms with van der Waals surface area (Å²) >= 11 is 0. The van der Waals surface area contributed by atoms with Crippen molar-refractivity contribution in [2.45, 2.75) is 20.0 Å². The molecule has 2 aromatic carbocycles. The van der Waals surface area contributed by atoms with E-state index in [0.29, 0.717) is 13.1 Å². The molecule has 2 N–H and O–H groups in total. The second-order valence-corrected chi connectivity index (χ2v) is 5.21. The Morgan fingerprint density at radius 3 is 2.52 bits per heavy atom. The zero-order chi connectivity index (χ0) is 16.5. The van der Waals surface area contributed by atoms with Gasteiger partial charge in [-0.15, -0.1) is 0 Å². The molecule has 0 aliphatic heterocycles. The molecule has 0 atom stereocenters. The third-order valence-corrected chi connectivity index (χ3v) is 3.30. The van der Waals surface area contributed by atoms with Gasteiger partial charge < -0.3 is 10.6 Å². The summed E-state index contributed by atoms with van der Waals surface area (Å²) in [4.78, 5) is 12.0. The maximum Gasteiger partial charge on any atom is 0.263 e. The molecule has 4 heteroatoms. The number of hydrogen-bond donors (Lipinski definition) is 2. The SMILES string of the molecule is Cc1cccc(CN/C=C(/C#N)C(=O)NCc2ccccc2)c1. The number of benzene rings is 2. The Kier molecular flexibility index (Phi) is 5.96. The van der Waals surface area contributed by atoms with E-state index in [1.54, 1.807) is 0 Å². The van der Waals surface area contributed by atoms with Crippen LogP contribution in [0.2, 0.25) is 0 Å². The zero-order valence-electron chi connectivity index (χ0n) is 13.0. The van der Waals surface area contributed by atoms with E-state index in [1.807, 2.05) is 61.5 Å². The number of nitrogens with zero attached hydrogens (tertiary/aromatic N) is 1. The fraction of sp³-hybridized carbons (Fsp3) is 0.158. The Morgan fingerprint density at radius 2 is 1.83 bits per heavy atom. The molecule has 0 aliphatic carbocycles. The van der Waals surface area contributed by atoms with Gasteiger partial charge in [0.1, 0.15) is 11.6 Å². The Morgan fingerprint density at radius 1 is 1.09 bits per heavy atom. The Bertz CT molecular complexity index is 730. The van der Waals surface area contributed by atoms with Gasteiger partial charge in [0, 0.05) is 19.3 Å². The van der Waals surface area contributed by atoms with E-state index in [0.717, 1.165) is 11.1 Å². The van der Waals surface area contributed by atoms with Crippen molar-refractivity contribution in [3.8, 4) is 6.07 Å². The third-order valence-electron chi connectivity index (χ3n) is 3.30. The summed E-state index contributed by atoms with van der Waals surface area (Å²) in [5.74, 6) is -0.381. The van der Waals surface area contributed by atoms with E-state index in [1.165, 1.54) is 11.8 Å². The van der Waals surface area contributed by atoms with Gasteiger partial charge in [0.05, 0.1) is 0 Å². The standard InChI is InChI=1S/C19H19N3O/c1-15-6-5-9-17(10-15)12-21-14-18(11-20)19(23)22-13-16-7-3-2-4-8-16/h2-10,14,21H,12-13H2,1H3,(H,22,23)/b18-14-. The van der Waals surface area contributed by atoms with E-state index in [9.17, 15) is 4.79 Å². The molecule has 2 aromatic rings. The van der Waals surface area contributed by atoms with Gasteiger partial charge in [-0.2, -0.15) is 5.26 Å². The van der Waals surface area contributed by atoms with Crippen molar-refractivity contribution >= 4 is 5.91 Å². The van der Waals surface area contributed by atoms with Crippen LogP contribution in [-0.2, 0) is 17.9 Å². The number of carbonyl (C=O) groups excluding carboxylic acids is 1. The first kappa shape index (κ1) is 16.3. The first-order valence-corrected chi connectivity index (χ1v) is 7.40. The minimum absolute atomic E-state index is 0.0635. The van der Waals surface area contributed by atoms with Crippen LogP contribution in [0.25, 0.3) is 0 Å². The van der Waals surface area contributed by atoms with Crippen LogP contribution in [0, 0.1) is 18.3 Å². The summed E-state index contributed by atoms with van der Waals surface area (Å²) < 4.78 is 0. The smallest absolute Gasteiger partial charge is 0.263 e. The van der Waals surface area contributed by atoms with Crippen LogP contribution in [0.15, 0.2) is 66.4 Å². The summed E-state index contributed by atoms with van der Waals surface area (Å²) in [5.41, 5.74) is 3.33. The monoisotopic (exact) mass is 305 g/mol. The predicted molar refractivity (Wildman–Crippen MR) is 90.0 cm³/mol. The second-order valence-electron chi connectivity index (χ2n) is 5.21. The lowest BCUT2D eigenvalue weighted by Crippen LogP contribution is -2.25. The maximum atomic E-state index is 12.0. The minimum atomic E-state index is -0.381. The van der Waals surface area contributed by atoms with Gasteiger partial charge >= 0.3 is 0 Å². The first-order valence-electron chi connectivity index (χ1n) is 7.40.